The van der Waals surface area contributed by atoms with Crippen LogP contribution in [-0.4, -0.2) is 28.6 Å². The van der Waals surface area contributed by atoms with Gasteiger partial charge in [-0.3, -0.25) is 4.57 Å². The van der Waals surface area contributed by atoms with Crippen molar-refractivity contribution in [2.45, 2.75) is 0 Å². The molecular formula is H3Li2O4P. The molecule has 0 spiro atoms. The van der Waals surface area contributed by atoms with Crippen molar-refractivity contribution in [3.8, 4) is 0 Å². The number of phosphoric acid groups is 1. The second-order valence-electron chi connectivity index (χ2n) is 0.491. The van der Waals surface area contributed by atoms with Crippen LogP contribution in [0.4, 0.5) is 0 Å². The van der Waals surface area contributed by atoms with E-state index in [2.05, 4.69) is 0 Å². The molecule has 2 N–H and O–H groups in total. The molecule has 0 atom stereocenters. The minimum absolute atomic E-state index is 0. The van der Waals surface area contributed by atoms with Crippen molar-refractivity contribution in [3.63, 3.8) is 0 Å². The Bertz CT molecular complexity index is 55.8. The zero-order chi connectivity index (χ0) is 4.50. The maximum absolute atomic E-state index is 8.77. The van der Waals surface area contributed by atoms with Crippen LogP contribution in [0.1, 0.15) is 0 Å². The van der Waals surface area contributed by atoms with Gasteiger partial charge in [-0.05, 0) is 0 Å². The first-order chi connectivity index (χ1) is 2.00. The summed E-state index contributed by atoms with van der Waals surface area (Å²) in [6.07, 6.45) is 0. The zero-order valence-electron chi connectivity index (χ0n) is 3.16. The van der Waals surface area contributed by atoms with E-state index in [1.54, 1.807) is 0 Å². The zero-order valence-corrected chi connectivity index (χ0v) is 4.05. The fourth-order valence-electron chi connectivity index (χ4n) is 0. The van der Waals surface area contributed by atoms with Crippen LogP contribution in [0, 0.1) is 0 Å². The summed E-state index contributed by atoms with van der Waals surface area (Å²) in [6, 6.07) is 0. The Hall–Kier alpha value is 1.30. The van der Waals surface area contributed by atoms with E-state index in [0.717, 1.165) is 0 Å². The first-order valence-electron chi connectivity index (χ1n) is 0.765. The van der Waals surface area contributed by atoms with Crippen LogP contribution in [-0.2, 0) is 4.57 Å². The van der Waals surface area contributed by atoms with Crippen LogP contribution >= 0.6 is 7.82 Å². The van der Waals surface area contributed by atoms with Gasteiger partial charge >= 0.3 is 37.7 Å². The third-order valence-electron chi connectivity index (χ3n) is 0. The Morgan fingerprint density at radius 3 is 1.43 bits per heavy atom. The molecule has 0 bridgehead atoms. The molecule has 4 nitrogen and oxygen atoms in total. The van der Waals surface area contributed by atoms with Gasteiger partial charge in [0, 0.05) is 0 Å². The van der Waals surface area contributed by atoms with E-state index in [0.29, 0.717) is 0 Å². The topological polar surface area (TPSA) is 80.6 Å². The van der Waals surface area contributed by atoms with Crippen molar-refractivity contribution in [2.24, 2.45) is 0 Å². The van der Waals surface area contributed by atoms with E-state index in [1.165, 1.54) is 0 Å². The van der Waals surface area contributed by atoms with Crippen molar-refractivity contribution < 1.29 is 38.1 Å². The Morgan fingerprint density at radius 2 is 1.43 bits per heavy atom. The van der Waals surface area contributed by atoms with Crippen molar-refractivity contribution >= 4 is 26.7 Å². The molecule has 0 unspecified atom stereocenters. The van der Waals surface area contributed by atoms with Gasteiger partial charge in [-0.1, -0.05) is 0 Å². The summed E-state index contributed by atoms with van der Waals surface area (Å²) in [5, 5.41) is 0. The molecule has 0 aliphatic heterocycles. The molecule has 0 aliphatic carbocycles. The molecule has 0 heterocycles. The average Bonchev–Trinajstić information content (AvgIpc) is 0.722. The van der Waals surface area contributed by atoms with Crippen LogP contribution in [0.25, 0.3) is 0 Å². The second-order valence-corrected chi connectivity index (χ2v) is 1.47. The summed E-state index contributed by atoms with van der Waals surface area (Å²) in [4.78, 5) is 22.9. The van der Waals surface area contributed by atoms with Crippen LogP contribution < -0.4 is 23.8 Å². The quantitative estimate of drug-likeness (QED) is 0.242. The molecule has 0 fully saturated rings. The second kappa shape index (κ2) is 5.44. The normalized spacial score (nSPS) is 8.43. The molecule has 0 radical (unpaired) electrons. The summed E-state index contributed by atoms with van der Waals surface area (Å²) in [6.45, 7) is 0. The van der Waals surface area contributed by atoms with Crippen molar-refractivity contribution in [1.82, 2.24) is 0 Å². The van der Waals surface area contributed by atoms with Gasteiger partial charge in [-0.2, -0.15) is 0 Å². The number of hydrogen-bond acceptors (Lipinski definition) is 2. The van der Waals surface area contributed by atoms with Gasteiger partial charge in [0.15, 0.2) is 0 Å². The van der Waals surface area contributed by atoms with Gasteiger partial charge < -0.3 is 14.7 Å². The van der Waals surface area contributed by atoms with E-state index in [1.807, 2.05) is 0 Å². The summed E-state index contributed by atoms with van der Waals surface area (Å²) in [5.41, 5.74) is 0. The fourth-order valence-corrected chi connectivity index (χ4v) is 0. The predicted octanol–water partition coefficient (Wildman–Crippen LogP) is -5.21. The summed E-state index contributed by atoms with van der Waals surface area (Å²) in [7, 11) is -4.89. The van der Waals surface area contributed by atoms with Crippen molar-refractivity contribution in [2.75, 3.05) is 0 Å². The molecule has 0 saturated heterocycles. The predicted molar refractivity (Wildman–Crippen MR) is 19.2 cm³/mol. The molecule has 0 aliphatic rings. The fraction of sp³-hybridized carbons (Fsp3) is 0. The van der Waals surface area contributed by atoms with Crippen LogP contribution in [0.5, 0.6) is 0 Å². The first kappa shape index (κ1) is 15.7. The summed E-state index contributed by atoms with van der Waals surface area (Å²) in [5.74, 6) is 0. The monoisotopic (exact) mass is 112 g/mol. The van der Waals surface area contributed by atoms with E-state index in [-0.39, 0.29) is 37.7 Å². The summed E-state index contributed by atoms with van der Waals surface area (Å²) >= 11 is 0. The molecule has 0 aromatic heterocycles. The van der Waals surface area contributed by atoms with Crippen molar-refractivity contribution in [1.29, 1.82) is 0 Å². The molecule has 7 heteroatoms. The molecule has 0 amide bonds. The third kappa shape index (κ3) is 121. The standard InChI is InChI=1S/2Li.H3O4P.H/c;;1-5(2,3)4;/h;;(H3,1,2,3,4);/q;+1;;/p-1. The van der Waals surface area contributed by atoms with Crippen molar-refractivity contribution in [3.05, 3.63) is 0 Å². The molecule has 34 valence electrons. The van der Waals surface area contributed by atoms with Gasteiger partial charge in [-0.25, -0.2) is 0 Å². The minimum atomic E-state index is -4.89. The number of hydrogen-bond donors (Lipinski definition) is 2. The molecule has 0 saturated carbocycles. The van der Waals surface area contributed by atoms with E-state index >= 15 is 0 Å². The molecule has 0 rings (SSSR count). The van der Waals surface area contributed by atoms with Gasteiger partial charge in [0.05, 0.1) is 0 Å². The Kier molecular flexibility index (Phi) is 12.2. The number of rotatable bonds is 0. The Labute approximate surface area is 64.9 Å². The SMILES string of the molecule is O=P([O-])(O)O.[Li+].[LiH]. The third-order valence-corrected chi connectivity index (χ3v) is 0. The summed E-state index contributed by atoms with van der Waals surface area (Å²) < 4.78 is 8.77. The van der Waals surface area contributed by atoms with Gasteiger partial charge in [0.2, 0.25) is 0 Å². The van der Waals surface area contributed by atoms with E-state index < -0.39 is 7.82 Å². The molecule has 7 heavy (non-hydrogen) atoms. The van der Waals surface area contributed by atoms with Gasteiger partial charge in [0.25, 0.3) is 7.82 Å². The first-order valence-corrected chi connectivity index (χ1v) is 2.30. The van der Waals surface area contributed by atoms with Gasteiger partial charge in [0.1, 0.15) is 0 Å². The van der Waals surface area contributed by atoms with E-state index in [4.69, 9.17) is 19.2 Å². The van der Waals surface area contributed by atoms with Crippen LogP contribution in [0.15, 0.2) is 0 Å². The Morgan fingerprint density at radius 1 is 1.43 bits per heavy atom. The van der Waals surface area contributed by atoms with Crippen LogP contribution in [0.3, 0.4) is 0 Å². The average molecular weight is 112 g/mol. The Balaban J connectivity index is -0.0000000800. The molecular weight excluding hydrogens is 109 g/mol. The van der Waals surface area contributed by atoms with Gasteiger partial charge in [-0.15, -0.1) is 0 Å². The molecule has 0 aromatic carbocycles. The maximum atomic E-state index is 8.77. The van der Waals surface area contributed by atoms with Crippen LogP contribution in [0.2, 0.25) is 0 Å². The molecule has 0 aromatic rings. The van der Waals surface area contributed by atoms with E-state index in [9.17, 15) is 0 Å².